The molecule has 2 N–H and O–H groups in total. The van der Waals surface area contributed by atoms with Crippen LogP contribution in [0.25, 0.3) is 0 Å². The van der Waals surface area contributed by atoms with Crippen LogP contribution in [0.5, 0.6) is 0 Å². The lowest BCUT2D eigenvalue weighted by Gasteiger charge is -2.50. The molecule has 3 atom stereocenters. The number of halogens is 1. The second kappa shape index (κ2) is 15.7. The molecule has 4 rings (SSSR count). The van der Waals surface area contributed by atoms with Crippen LogP contribution in [0.4, 0.5) is 9.18 Å². The molecule has 2 saturated heterocycles. The molecule has 3 aliphatic rings. The Morgan fingerprint density at radius 1 is 0.911 bits per heavy atom. The van der Waals surface area contributed by atoms with E-state index in [4.69, 9.17) is 0 Å². The molecular weight excluding hydrogens is 569 g/mol. The number of urea groups is 1. The molecule has 0 unspecified atom stereocenters. The van der Waals surface area contributed by atoms with Gasteiger partial charge in [0.1, 0.15) is 11.9 Å². The largest absolute Gasteiger partial charge is 0.341 e. The summed E-state index contributed by atoms with van der Waals surface area (Å²) in [6, 6.07) is 5.79. The Morgan fingerprint density at radius 3 is 1.98 bits per heavy atom. The van der Waals surface area contributed by atoms with Crippen molar-refractivity contribution in [2.24, 2.45) is 11.3 Å². The van der Waals surface area contributed by atoms with Crippen LogP contribution in [0.3, 0.4) is 0 Å². The zero-order valence-corrected chi connectivity index (χ0v) is 28.6. The molecule has 252 valence electrons. The number of carbonyl (C=O) groups is 3. The fourth-order valence-electron chi connectivity index (χ4n) is 8.12. The van der Waals surface area contributed by atoms with E-state index in [1.807, 2.05) is 9.80 Å². The molecule has 2 aliphatic heterocycles. The van der Waals surface area contributed by atoms with E-state index in [2.05, 4.69) is 57.1 Å². The molecule has 8 nitrogen and oxygen atoms in total. The molecule has 2 heterocycles. The predicted molar refractivity (Wildman–Crippen MR) is 177 cm³/mol. The van der Waals surface area contributed by atoms with Crippen LogP contribution in [0.15, 0.2) is 24.3 Å². The van der Waals surface area contributed by atoms with E-state index in [9.17, 15) is 18.8 Å². The van der Waals surface area contributed by atoms with Crippen LogP contribution in [0.1, 0.15) is 105 Å². The molecule has 9 heteroatoms. The summed E-state index contributed by atoms with van der Waals surface area (Å²) in [4.78, 5) is 48.1. The molecule has 1 aromatic carbocycles. The molecule has 0 radical (unpaired) electrons. The second-order valence-corrected chi connectivity index (χ2v) is 14.3. The third-order valence-corrected chi connectivity index (χ3v) is 10.7. The van der Waals surface area contributed by atoms with E-state index in [1.165, 1.54) is 18.6 Å². The standard InChI is InChI=1S/C36H58FN5O3/c1-7-30-23-41(24-31(8-2)38-30)35(45)39-32(22-27-14-16-29(37)17-15-27)33(43)40-20-18-36(19-21-40,28-12-10-9-11-13-28)34(44)42(25(3)4)26(5)6/h14-17,25-26,28,30-32,38H,7-13,18-24H2,1-6H3,(H,39,45)/t30-,31+,32-/m1/s1. The Hall–Kier alpha value is -2.68. The Morgan fingerprint density at radius 2 is 1.47 bits per heavy atom. The number of amides is 4. The molecule has 4 amide bonds. The van der Waals surface area contributed by atoms with Gasteiger partial charge in [-0.25, -0.2) is 9.18 Å². The minimum absolute atomic E-state index is 0.109. The van der Waals surface area contributed by atoms with E-state index in [0.29, 0.717) is 44.9 Å². The highest BCUT2D eigenvalue weighted by molar-refractivity contribution is 5.88. The van der Waals surface area contributed by atoms with Gasteiger partial charge in [-0.05, 0) is 89.8 Å². The first kappa shape index (κ1) is 35.2. The Bertz CT molecular complexity index is 1110. The Labute approximate surface area is 270 Å². The average molecular weight is 628 g/mol. The van der Waals surface area contributed by atoms with Gasteiger partial charge in [-0.15, -0.1) is 0 Å². The maximum Gasteiger partial charge on any atom is 0.318 e. The quantitative estimate of drug-likeness (QED) is 0.347. The molecule has 3 fully saturated rings. The summed E-state index contributed by atoms with van der Waals surface area (Å²) in [5, 5.41) is 6.70. The molecular formula is C36H58FN5O3. The maximum atomic E-state index is 14.4. The number of nitrogens with zero attached hydrogens (tertiary/aromatic N) is 3. The number of benzene rings is 1. The SMILES string of the molecule is CC[C@@H]1CN(C(=O)N[C@H](Cc2ccc(F)cc2)C(=O)N2CCC(C(=O)N(C(C)C)C(C)C)(C3CCCCC3)CC2)C[C@H](CC)N1. The minimum atomic E-state index is -0.779. The highest BCUT2D eigenvalue weighted by atomic mass is 19.1. The summed E-state index contributed by atoms with van der Waals surface area (Å²) in [6.07, 6.45) is 9.05. The molecule has 0 aromatic heterocycles. The van der Waals surface area contributed by atoms with Crippen LogP contribution >= 0.6 is 0 Å². The van der Waals surface area contributed by atoms with Gasteiger partial charge in [0.15, 0.2) is 0 Å². The van der Waals surface area contributed by atoms with E-state index in [1.54, 1.807) is 12.1 Å². The number of nitrogens with one attached hydrogen (secondary N) is 2. The van der Waals surface area contributed by atoms with E-state index < -0.39 is 11.5 Å². The van der Waals surface area contributed by atoms with Gasteiger partial charge in [-0.3, -0.25) is 9.59 Å². The number of likely N-dealkylation sites (tertiary alicyclic amines) is 1. The fourth-order valence-corrected chi connectivity index (χ4v) is 8.12. The number of hydrogen-bond acceptors (Lipinski definition) is 4. The predicted octanol–water partition coefficient (Wildman–Crippen LogP) is 5.74. The van der Waals surface area contributed by atoms with Crippen LogP contribution in [0, 0.1) is 17.2 Å². The molecule has 0 spiro atoms. The second-order valence-electron chi connectivity index (χ2n) is 14.3. The normalized spacial score (nSPS) is 23.2. The summed E-state index contributed by atoms with van der Waals surface area (Å²) in [6.45, 7) is 14.8. The summed E-state index contributed by atoms with van der Waals surface area (Å²) in [5.41, 5.74) is 0.327. The Balaban J connectivity index is 1.54. The third kappa shape index (κ3) is 8.38. The van der Waals surface area contributed by atoms with Crippen molar-refractivity contribution in [2.75, 3.05) is 26.2 Å². The first-order valence-electron chi connectivity index (χ1n) is 17.7. The van der Waals surface area contributed by atoms with Gasteiger partial charge in [0, 0.05) is 56.8 Å². The summed E-state index contributed by atoms with van der Waals surface area (Å²) < 4.78 is 13.7. The van der Waals surface area contributed by atoms with Crippen molar-refractivity contribution >= 4 is 17.8 Å². The number of carbonyl (C=O) groups excluding carboxylic acids is 3. The van der Waals surface area contributed by atoms with Gasteiger partial charge >= 0.3 is 6.03 Å². The lowest BCUT2D eigenvalue weighted by molar-refractivity contribution is -0.157. The van der Waals surface area contributed by atoms with Gasteiger partial charge in [0.25, 0.3) is 0 Å². The zero-order valence-electron chi connectivity index (χ0n) is 28.6. The van der Waals surface area contributed by atoms with Crippen molar-refractivity contribution < 1.29 is 18.8 Å². The van der Waals surface area contributed by atoms with Crippen LogP contribution in [-0.4, -0.2) is 88.9 Å². The Kier molecular flexibility index (Phi) is 12.3. The molecule has 45 heavy (non-hydrogen) atoms. The van der Waals surface area contributed by atoms with Crippen LogP contribution in [0.2, 0.25) is 0 Å². The van der Waals surface area contributed by atoms with E-state index in [0.717, 1.165) is 44.1 Å². The highest BCUT2D eigenvalue weighted by Crippen LogP contribution is 2.47. The van der Waals surface area contributed by atoms with Crippen molar-refractivity contribution in [2.45, 2.75) is 136 Å². The van der Waals surface area contributed by atoms with Crippen molar-refractivity contribution in [3.8, 4) is 0 Å². The van der Waals surface area contributed by atoms with Crippen molar-refractivity contribution in [3.63, 3.8) is 0 Å². The van der Waals surface area contributed by atoms with Crippen molar-refractivity contribution in [3.05, 3.63) is 35.6 Å². The number of rotatable bonds is 10. The summed E-state index contributed by atoms with van der Waals surface area (Å²) in [5.74, 6) is 0.115. The number of piperidine rings is 1. The van der Waals surface area contributed by atoms with E-state index in [-0.39, 0.29) is 54.3 Å². The van der Waals surface area contributed by atoms with E-state index >= 15 is 0 Å². The monoisotopic (exact) mass is 627 g/mol. The minimum Gasteiger partial charge on any atom is -0.341 e. The molecule has 1 aliphatic carbocycles. The van der Waals surface area contributed by atoms with Crippen molar-refractivity contribution in [1.29, 1.82) is 0 Å². The number of hydrogen-bond donors (Lipinski definition) is 2. The smallest absolute Gasteiger partial charge is 0.318 e. The first-order chi connectivity index (χ1) is 21.5. The average Bonchev–Trinajstić information content (AvgIpc) is 3.04. The number of piperazine rings is 1. The lowest BCUT2D eigenvalue weighted by Crippen LogP contribution is -2.62. The van der Waals surface area contributed by atoms with Gasteiger partial charge in [-0.2, -0.15) is 0 Å². The lowest BCUT2D eigenvalue weighted by atomic mass is 9.62. The van der Waals surface area contributed by atoms with Gasteiger partial charge in [0.2, 0.25) is 11.8 Å². The molecule has 1 saturated carbocycles. The maximum absolute atomic E-state index is 14.4. The van der Waals surface area contributed by atoms with Gasteiger partial charge in [0.05, 0.1) is 5.41 Å². The topological polar surface area (TPSA) is 85.0 Å². The van der Waals surface area contributed by atoms with Gasteiger partial charge < -0.3 is 25.3 Å². The summed E-state index contributed by atoms with van der Waals surface area (Å²) in [7, 11) is 0. The third-order valence-electron chi connectivity index (χ3n) is 10.7. The summed E-state index contributed by atoms with van der Waals surface area (Å²) >= 11 is 0. The molecule has 1 aromatic rings. The molecule has 0 bridgehead atoms. The van der Waals surface area contributed by atoms with Crippen LogP contribution < -0.4 is 10.6 Å². The zero-order chi connectivity index (χ0) is 32.7. The van der Waals surface area contributed by atoms with Crippen LogP contribution in [-0.2, 0) is 16.0 Å². The van der Waals surface area contributed by atoms with Crippen molar-refractivity contribution in [1.82, 2.24) is 25.3 Å². The highest BCUT2D eigenvalue weighted by Gasteiger charge is 2.50. The first-order valence-corrected chi connectivity index (χ1v) is 17.7. The fraction of sp³-hybridized carbons (Fsp3) is 0.750. The van der Waals surface area contributed by atoms with Gasteiger partial charge in [-0.1, -0.05) is 45.2 Å².